The van der Waals surface area contributed by atoms with Gasteiger partial charge in [-0.2, -0.15) is 0 Å². The highest BCUT2D eigenvalue weighted by Gasteiger charge is 2.17. The van der Waals surface area contributed by atoms with Crippen molar-refractivity contribution in [1.82, 2.24) is 0 Å². The Kier molecular flexibility index (Phi) is 35.6. The van der Waals surface area contributed by atoms with Crippen molar-refractivity contribution in [3.63, 3.8) is 0 Å². The molecule has 0 fully saturated rings. The smallest absolute Gasteiger partial charge is 0.322 e. The van der Waals surface area contributed by atoms with Crippen molar-refractivity contribution in [2.75, 3.05) is 13.2 Å². The third kappa shape index (κ3) is 34.7. The van der Waals surface area contributed by atoms with Crippen LogP contribution in [-0.4, -0.2) is 31.2 Å². The highest BCUT2D eigenvalue weighted by molar-refractivity contribution is 5.77. The summed E-state index contributed by atoms with van der Waals surface area (Å²) in [5.41, 5.74) is 5.93. The molecule has 2 N–H and O–H groups in total. The lowest BCUT2D eigenvalue weighted by atomic mass is 10.1. The van der Waals surface area contributed by atoms with Crippen LogP contribution in [0.3, 0.4) is 0 Å². The third-order valence-corrected chi connectivity index (χ3v) is 8.16. The van der Waals surface area contributed by atoms with Gasteiger partial charge in [0.05, 0.1) is 13.2 Å². The van der Waals surface area contributed by atoms with E-state index in [0.717, 1.165) is 57.8 Å². The number of hydrogen-bond donors (Lipinski definition) is 1. The largest absolute Gasteiger partial charge is 0.466 e. The first kappa shape index (κ1) is 43.9. The van der Waals surface area contributed by atoms with Crippen LogP contribution in [0.5, 0.6) is 0 Å². The van der Waals surface area contributed by atoms with E-state index in [2.05, 4.69) is 62.5 Å². The zero-order valence-electron chi connectivity index (χ0n) is 30.2. The molecule has 266 valence electrons. The van der Waals surface area contributed by atoms with Crippen molar-refractivity contribution < 1.29 is 19.1 Å². The molecule has 0 saturated heterocycles. The maximum atomic E-state index is 12.1. The Bertz CT molecular complexity index is 785. The van der Waals surface area contributed by atoms with Crippen molar-refractivity contribution in [3.8, 4) is 0 Å². The van der Waals surface area contributed by atoms with Gasteiger partial charge in [0, 0.05) is 6.42 Å². The molecule has 0 rings (SSSR count). The van der Waals surface area contributed by atoms with E-state index in [0.29, 0.717) is 13.2 Å². The van der Waals surface area contributed by atoms with Crippen molar-refractivity contribution >= 4 is 11.9 Å². The molecule has 0 radical (unpaired) electrons. The summed E-state index contributed by atoms with van der Waals surface area (Å²) in [7, 11) is 0. The molecule has 0 unspecified atom stereocenters. The zero-order chi connectivity index (χ0) is 33.6. The van der Waals surface area contributed by atoms with Gasteiger partial charge in [0.25, 0.3) is 0 Å². The second-order valence-corrected chi connectivity index (χ2v) is 12.7. The number of carbonyl (C=O) groups excluding carboxylic acids is 2. The molecule has 0 aromatic carbocycles. The summed E-state index contributed by atoms with van der Waals surface area (Å²) >= 11 is 0. The molecular weight excluding hydrogens is 570 g/mol. The van der Waals surface area contributed by atoms with Crippen molar-refractivity contribution in [1.29, 1.82) is 0 Å². The van der Waals surface area contributed by atoms with Crippen LogP contribution in [0.2, 0.25) is 0 Å². The number of allylic oxidation sites excluding steroid dienone is 8. The molecule has 0 aromatic heterocycles. The molecule has 0 aliphatic rings. The molecule has 0 saturated carbocycles. The number of nitrogens with two attached hydrogens (primary N) is 1. The molecular formula is C41H73NO4. The first-order valence-electron chi connectivity index (χ1n) is 19.3. The highest BCUT2D eigenvalue weighted by atomic mass is 16.5. The number of unbranched alkanes of at least 4 members (excludes halogenated alkanes) is 18. The molecule has 0 aliphatic carbocycles. The van der Waals surface area contributed by atoms with Crippen molar-refractivity contribution in [2.24, 2.45) is 5.73 Å². The Balaban J connectivity index is 3.49. The van der Waals surface area contributed by atoms with Crippen LogP contribution in [0.25, 0.3) is 0 Å². The SMILES string of the molecule is CCCCC/C=C\C/C=C\CCCCCCCCOC(=O)CC[C@H](N)C(=O)OCCCCCCCC/C=C\C/C=C\CCCCC. The van der Waals surface area contributed by atoms with Gasteiger partial charge >= 0.3 is 11.9 Å². The number of rotatable bonds is 34. The third-order valence-electron chi connectivity index (χ3n) is 8.16. The lowest BCUT2D eigenvalue weighted by Gasteiger charge is -2.11. The van der Waals surface area contributed by atoms with Crippen LogP contribution in [0.4, 0.5) is 0 Å². The topological polar surface area (TPSA) is 78.6 Å². The quantitative estimate of drug-likeness (QED) is 0.0429. The van der Waals surface area contributed by atoms with Crippen molar-refractivity contribution in [2.45, 2.75) is 187 Å². The first-order chi connectivity index (χ1) is 22.6. The molecule has 0 heterocycles. The van der Waals surface area contributed by atoms with Gasteiger partial charge in [-0.15, -0.1) is 0 Å². The monoisotopic (exact) mass is 644 g/mol. The Morgan fingerprint density at radius 2 is 0.870 bits per heavy atom. The summed E-state index contributed by atoms with van der Waals surface area (Å²) in [6.07, 6.45) is 47.1. The second-order valence-electron chi connectivity index (χ2n) is 12.7. The van der Waals surface area contributed by atoms with E-state index in [9.17, 15) is 9.59 Å². The predicted octanol–water partition coefficient (Wildman–Crippen LogP) is 11.8. The number of carbonyl (C=O) groups is 2. The van der Waals surface area contributed by atoms with Crippen LogP contribution in [0.1, 0.15) is 181 Å². The Hall–Kier alpha value is -2.14. The Labute approximate surface area is 284 Å². The summed E-state index contributed by atoms with van der Waals surface area (Å²) in [6.45, 7) is 5.33. The summed E-state index contributed by atoms with van der Waals surface area (Å²) in [4.78, 5) is 24.1. The highest BCUT2D eigenvalue weighted by Crippen LogP contribution is 2.10. The van der Waals surface area contributed by atoms with Crippen LogP contribution in [0, 0.1) is 0 Å². The molecule has 0 aliphatic heterocycles. The van der Waals surface area contributed by atoms with E-state index in [1.807, 2.05) is 0 Å². The van der Waals surface area contributed by atoms with Gasteiger partial charge in [0.15, 0.2) is 0 Å². The first-order valence-corrected chi connectivity index (χ1v) is 19.3. The van der Waals surface area contributed by atoms with Gasteiger partial charge in [0.1, 0.15) is 6.04 Å². The van der Waals surface area contributed by atoms with Gasteiger partial charge in [-0.1, -0.05) is 140 Å². The number of hydrogen-bond acceptors (Lipinski definition) is 5. The molecule has 0 bridgehead atoms. The number of esters is 2. The molecule has 5 heteroatoms. The van der Waals surface area contributed by atoms with E-state index in [1.54, 1.807) is 0 Å². The molecule has 46 heavy (non-hydrogen) atoms. The standard InChI is InChI=1S/C41H73NO4/c1-3-5-7-9-11-13-15-17-19-21-23-25-27-29-31-33-37-45-40(43)36-35-39(42)41(44)46-38-34-32-30-28-26-24-22-20-18-16-14-12-10-8-6-4-2/h11-14,17-20,39H,3-10,15-16,21-38,42H2,1-2H3/b13-11-,14-12-,19-17-,20-18-/t39-/m0/s1. The van der Waals surface area contributed by atoms with E-state index in [1.165, 1.54) is 96.3 Å². The predicted molar refractivity (Wildman–Crippen MR) is 198 cm³/mol. The second kappa shape index (κ2) is 37.3. The molecule has 0 amide bonds. The molecule has 5 nitrogen and oxygen atoms in total. The number of ether oxygens (including phenoxy) is 2. The zero-order valence-corrected chi connectivity index (χ0v) is 30.2. The summed E-state index contributed by atoms with van der Waals surface area (Å²) in [5.74, 6) is -0.698. The fraction of sp³-hybridized carbons (Fsp3) is 0.756. The van der Waals surface area contributed by atoms with E-state index in [4.69, 9.17) is 15.2 Å². The maximum absolute atomic E-state index is 12.1. The van der Waals surface area contributed by atoms with Crippen LogP contribution in [0.15, 0.2) is 48.6 Å². The minimum atomic E-state index is -0.765. The lowest BCUT2D eigenvalue weighted by molar-refractivity contribution is -0.146. The fourth-order valence-corrected chi connectivity index (χ4v) is 5.11. The van der Waals surface area contributed by atoms with Gasteiger partial charge in [-0.25, -0.2) is 0 Å². The normalized spacial score (nSPS) is 12.7. The van der Waals surface area contributed by atoms with Gasteiger partial charge in [0.2, 0.25) is 0 Å². The van der Waals surface area contributed by atoms with E-state index >= 15 is 0 Å². The molecule has 0 spiro atoms. The average Bonchev–Trinajstić information content (AvgIpc) is 3.06. The van der Waals surface area contributed by atoms with Gasteiger partial charge in [-0.3, -0.25) is 9.59 Å². The Morgan fingerprint density at radius 3 is 1.30 bits per heavy atom. The van der Waals surface area contributed by atoms with Gasteiger partial charge in [-0.05, 0) is 83.5 Å². The maximum Gasteiger partial charge on any atom is 0.322 e. The summed E-state index contributed by atoms with van der Waals surface area (Å²) in [5, 5.41) is 0. The summed E-state index contributed by atoms with van der Waals surface area (Å²) < 4.78 is 10.6. The van der Waals surface area contributed by atoms with Crippen LogP contribution >= 0.6 is 0 Å². The van der Waals surface area contributed by atoms with E-state index in [-0.39, 0.29) is 18.8 Å². The summed E-state index contributed by atoms with van der Waals surface area (Å²) in [6, 6.07) is -0.765. The van der Waals surface area contributed by atoms with Crippen LogP contribution < -0.4 is 5.73 Å². The van der Waals surface area contributed by atoms with Crippen molar-refractivity contribution in [3.05, 3.63) is 48.6 Å². The van der Waals surface area contributed by atoms with E-state index < -0.39 is 12.0 Å². The molecule has 1 atom stereocenters. The molecule has 0 aromatic rings. The lowest BCUT2D eigenvalue weighted by Crippen LogP contribution is -2.33. The minimum Gasteiger partial charge on any atom is -0.466 e. The fourth-order valence-electron chi connectivity index (χ4n) is 5.11. The van der Waals surface area contributed by atoms with Gasteiger partial charge < -0.3 is 15.2 Å². The van der Waals surface area contributed by atoms with Crippen LogP contribution in [-0.2, 0) is 19.1 Å². The average molecular weight is 644 g/mol. The minimum absolute atomic E-state index is 0.156. The Morgan fingerprint density at radius 1 is 0.500 bits per heavy atom.